The summed E-state index contributed by atoms with van der Waals surface area (Å²) in [5.74, 6) is -0.547. The van der Waals surface area contributed by atoms with E-state index >= 15 is 0 Å². The predicted molar refractivity (Wildman–Crippen MR) is 67.5 cm³/mol. The predicted octanol–water partition coefficient (Wildman–Crippen LogP) is 1.13. The first kappa shape index (κ1) is 13.1. The minimum absolute atomic E-state index is 0.0194. The van der Waals surface area contributed by atoms with Crippen LogP contribution in [0.25, 0.3) is 0 Å². The van der Waals surface area contributed by atoms with E-state index in [4.69, 9.17) is 0 Å². The van der Waals surface area contributed by atoms with Crippen molar-refractivity contribution in [2.45, 2.75) is 0 Å². The number of benzene rings is 1. The molecule has 0 atom stereocenters. The molecule has 1 amide bonds. The van der Waals surface area contributed by atoms with Crippen LogP contribution in [0.1, 0.15) is 10.4 Å². The van der Waals surface area contributed by atoms with E-state index < -0.39 is 10.8 Å². The maximum absolute atomic E-state index is 11.9. The van der Waals surface area contributed by atoms with Crippen LogP contribution in [0.3, 0.4) is 0 Å². The summed E-state index contributed by atoms with van der Waals surface area (Å²) in [6.07, 6.45) is 0. The van der Waals surface area contributed by atoms with E-state index in [1.165, 1.54) is 23.0 Å². The number of hydrogen-bond acceptors (Lipinski definition) is 6. The Hall–Kier alpha value is -2.36. The quantitative estimate of drug-likeness (QED) is 0.667. The molecule has 1 aromatic carbocycles. The molecule has 2 aromatic rings. The van der Waals surface area contributed by atoms with Crippen LogP contribution < -0.4 is 5.32 Å². The summed E-state index contributed by atoms with van der Waals surface area (Å²) in [5.41, 5.74) is -0.0820. The zero-order valence-corrected chi connectivity index (χ0v) is 11.2. The van der Waals surface area contributed by atoms with Gasteiger partial charge >= 0.3 is 0 Å². The first-order valence-electron chi connectivity index (χ1n) is 4.97. The zero-order chi connectivity index (χ0) is 14.0. The zero-order valence-electron chi connectivity index (χ0n) is 9.57. The molecule has 0 fully saturated rings. The first-order chi connectivity index (χ1) is 8.99. The highest BCUT2D eigenvalue weighted by Crippen LogP contribution is 2.28. The van der Waals surface area contributed by atoms with Crippen LogP contribution in [0.4, 0.5) is 11.6 Å². The van der Waals surface area contributed by atoms with Gasteiger partial charge in [-0.15, -0.1) is 5.10 Å². The molecule has 0 bridgehead atoms. The molecule has 2 rings (SSSR count). The topological polar surface area (TPSA) is 116 Å². The van der Waals surface area contributed by atoms with Gasteiger partial charge in [-0.2, -0.15) is 4.80 Å². The van der Waals surface area contributed by atoms with E-state index in [2.05, 4.69) is 36.7 Å². The van der Waals surface area contributed by atoms with E-state index in [0.29, 0.717) is 0 Å². The molecule has 0 aliphatic carbocycles. The second kappa shape index (κ2) is 5.10. The number of tetrazole rings is 1. The molecule has 0 saturated carbocycles. The lowest BCUT2D eigenvalue weighted by molar-refractivity contribution is -0.385. The molecule has 9 nitrogen and oxygen atoms in total. The molecule has 0 aliphatic heterocycles. The van der Waals surface area contributed by atoms with Crippen molar-refractivity contribution in [2.75, 3.05) is 5.32 Å². The lowest BCUT2D eigenvalue weighted by atomic mass is 10.2. The maximum atomic E-state index is 11.9. The Balaban J connectivity index is 2.29. The van der Waals surface area contributed by atoms with Gasteiger partial charge in [0.25, 0.3) is 17.5 Å². The number of rotatable bonds is 3. The monoisotopic (exact) mass is 326 g/mol. The number of aromatic nitrogens is 4. The highest BCUT2D eigenvalue weighted by molar-refractivity contribution is 9.10. The number of halogens is 1. The Morgan fingerprint density at radius 3 is 2.84 bits per heavy atom. The van der Waals surface area contributed by atoms with Crippen LogP contribution in [0, 0.1) is 10.1 Å². The molecule has 0 saturated heterocycles. The van der Waals surface area contributed by atoms with Gasteiger partial charge in [0.15, 0.2) is 0 Å². The minimum atomic E-state index is -0.582. The summed E-state index contributed by atoms with van der Waals surface area (Å²) in [4.78, 5) is 23.3. The lowest BCUT2D eigenvalue weighted by Crippen LogP contribution is -2.14. The largest absolute Gasteiger partial charge is 0.288 e. The summed E-state index contributed by atoms with van der Waals surface area (Å²) >= 11 is 3.04. The van der Waals surface area contributed by atoms with Crippen LogP contribution in [-0.4, -0.2) is 31.0 Å². The average molecular weight is 327 g/mol. The lowest BCUT2D eigenvalue weighted by Gasteiger charge is -2.03. The number of amides is 1. The Morgan fingerprint density at radius 2 is 2.26 bits per heavy atom. The Labute approximate surface area is 114 Å². The van der Waals surface area contributed by atoms with Gasteiger partial charge in [-0.05, 0) is 27.2 Å². The van der Waals surface area contributed by atoms with Crippen molar-refractivity contribution in [3.63, 3.8) is 0 Å². The van der Waals surface area contributed by atoms with E-state index in [-0.39, 0.29) is 21.7 Å². The number of nitrogens with one attached hydrogen (secondary N) is 1. The van der Waals surface area contributed by atoms with Crippen molar-refractivity contribution in [3.05, 3.63) is 38.3 Å². The van der Waals surface area contributed by atoms with Gasteiger partial charge in [-0.3, -0.25) is 20.2 Å². The van der Waals surface area contributed by atoms with Crippen LogP contribution in [-0.2, 0) is 7.05 Å². The number of anilines is 1. The fourth-order valence-corrected chi connectivity index (χ4v) is 1.93. The number of hydrogen-bond donors (Lipinski definition) is 1. The fraction of sp³-hybridized carbons (Fsp3) is 0.111. The van der Waals surface area contributed by atoms with E-state index in [1.807, 2.05) is 0 Å². The number of aryl methyl sites for hydroxylation is 1. The van der Waals surface area contributed by atoms with Gasteiger partial charge in [-0.1, -0.05) is 11.2 Å². The van der Waals surface area contributed by atoms with E-state index in [0.717, 1.165) is 0 Å². The summed E-state index contributed by atoms with van der Waals surface area (Å²) in [6, 6.07) is 4.16. The van der Waals surface area contributed by atoms with Crippen molar-refractivity contribution in [1.82, 2.24) is 20.2 Å². The molecule has 10 heteroatoms. The SMILES string of the molecule is Cn1nnc(NC(=O)c2cccc([N+](=O)[O-])c2Br)n1. The molecule has 0 aliphatic rings. The number of nitrogens with zero attached hydrogens (tertiary/aromatic N) is 5. The molecule has 1 aromatic heterocycles. The summed E-state index contributed by atoms with van der Waals surface area (Å²) in [7, 11) is 1.55. The van der Waals surface area contributed by atoms with Crippen LogP contribution in [0.5, 0.6) is 0 Å². The van der Waals surface area contributed by atoms with Gasteiger partial charge in [0.05, 0.1) is 17.5 Å². The molecular weight excluding hydrogens is 320 g/mol. The van der Waals surface area contributed by atoms with Crippen molar-refractivity contribution in [3.8, 4) is 0 Å². The van der Waals surface area contributed by atoms with E-state index in [9.17, 15) is 14.9 Å². The van der Waals surface area contributed by atoms with Gasteiger partial charge in [0, 0.05) is 6.07 Å². The van der Waals surface area contributed by atoms with Crippen molar-refractivity contribution in [1.29, 1.82) is 0 Å². The highest BCUT2D eigenvalue weighted by atomic mass is 79.9. The van der Waals surface area contributed by atoms with Crippen molar-refractivity contribution >= 4 is 33.5 Å². The third kappa shape index (κ3) is 2.73. The van der Waals surface area contributed by atoms with Crippen molar-refractivity contribution in [2.24, 2.45) is 7.05 Å². The number of carbonyl (C=O) groups excluding carboxylic acids is 1. The minimum Gasteiger partial charge on any atom is -0.288 e. The molecule has 0 radical (unpaired) electrons. The molecular formula is C9H7BrN6O3. The molecule has 1 N–H and O–H groups in total. The van der Waals surface area contributed by atoms with Gasteiger partial charge in [-0.25, -0.2) is 0 Å². The normalized spacial score (nSPS) is 10.2. The Kier molecular flexibility index (Phi) is 3.51. The number of carbonyl (C=O) groups is 1. The Bertz CT molecular complexity index is 655. The molecule has 1 heterocycles. The third-order valence-corrected chi connectivity index (χ3v) is 2.99. The standard InChI is InChI=1S/C9H7BrN6O3/c1-15-13-9(12-14-15)11-8(17)5-3-2-4-6(7(5)10)16(18)19/h2-4H,1H3,(H,11,13,17). The summed E-state index contributed by atoms with van der Waals surface area (Å²) in [5, 5.41) is 24.1. The van der Waals surface area contributed by atoms with Crippen LogP contribution >= 0.6 is 15.9 Å². The van der Waals surface area contributed by atoms with E-state index in [1.54, 1.807) is 7.05 Å². The fourth-order valence-electron chi connectivity index (χ4n) is 1.34. The van der Waals surface area contributed by atoms with Crippen LogP contribution in [0.15, 0.2) is 22.7 Å². The first-order valence-corrected chi connectivity index (χ1v) is 5.76. The highest BCUT2D eigenvalue weighted by Gasteiger charge is 2.20. The Morgan fingerprint density at radius 1 is 1.53 bits per heavy atom. The number of nitro benzene ring substituents is 1. The van der Waals surface area contributed by atoms with Gasteiger partial charge in [0.2, 0.25) is 0 Å². The molecule has 19 heavy (non-hydrogen) atoms. The van der Waals surface area contributed by atoms with Crippen LogP contribution in [0.2, 0.25) is 0 Å². The smallest absolute Gasteiger partial charge is 0.284 e. The maximum Gasteiger partial charge on any atom is 0.284 e. The average Bonchev–Trinajstić information content (AvgIpc) is 2.74. The second-order valence-electron chi connectivity index (χ2n) is 3.45. The van der Waals surface area contributed by atoms with Gasteiger partial charge < -0.3 is 0 Å². The summed E-state index contributed by atoms with van der Waals surface area (Å²) < 4.78 is 0.0985. The summed E-state index contributed by atoms with van der Waals surface area (Å²) in [6.45, 7) is 0. The molecule has 0 unspecified atom stereocenters. The molecule has 98 valence electrons. The second-order valence-corrected chi connectivity index (χ2v) is 4.25. The number of nitro groups is 1. The van der Waals surface area contributed by atoms with Gasteiger partial charge in [0.1, 0.15) is 4.47 Å². The third-order valence-electron chi connectivity index (χ3n) is 2.15. The molecule has 0 spiro atoms. The van der Waals surface area contributed by atoms with Crippen molar-refractivity contribution < 1.29 is 9.72 Å².